The van der Waals surface area contributed by atoms with Crippen LogP contribution >= 0.6 is 0 Å². The van der Waals surface area contributed by atoms with Crippen molar-refractivity contribution in [3.8, 4) is 66.8 Å². The first-order valence-electron chi connectivity index (χ1n) is 21.6. The molecule has 1 nitrogen and oxygen atoms in total. The molecule has 11 rings (SSSR count). The standard InChI is InChI=1S/C61H45N/c1-61(2)59-40-53(51-27-25-48(26-28-51)47-21-17-45(18-22-47)42-11-5-3-6-12-42)32-37-57(59)58-38-36-56(41-60(58)61)62(55-35-31-44-15-9-10-16-52(44)39-55)54-33-29-50(30-34-54)49-23-19-46(20-24-49)43-13-7-4-8-14-43/h3-41H,1-2H3. The summed E-state index contributed by atoms with van der Waals surface area (Å²) in [5.41, 5.74) is 20.8. The Balaban J connectivity index is 0.905. The lowest BCUT2D eigenvalue weighted by molar-refractivity contribution is 0.660. The Bertz CT molecular complexity index is 3200. The number of hydrogen-bond acceptors (Lipinski definition) is 1. The molecule has 1 heteroatoms. The normalized spacial score (nSPS) is 12.5. The van der Waals surface area contributed by atoms with Gasteiger partial charge in [0.05, 0.1) is 0 Å². The highest BCUT2D eigenvalue weighted by atomic mass is 15.1. The van der Waals surface area contributed by atoms with E-state index in [1.54, 1.807) is 0 Å². The van der Waals surface area contributed by atoms with Gasteiger partial charge in [0.15, 0.2) is 0 Å². The van der Waals surface area contributed by atoms with Crippen molar-refractivity contribution in [2.45, 2.75) is 19.3 Å². The SMILES string of the molecule is CC1(C)c2cc(-c3ccc(-c4ccc(-c5ccccc5)cc4)cc3)ccc2-c2ccc(N(c3ccc(-c4ccc(-c5ccccc5)cc4)cc3)c3ccc4ccccc4c3)cc21. The minimum absolute atomic E-state index is 0.193. The van der Waals surface area contributed by atoms with Crippen LogP contribution in [0.5, 0.6) is 0 Å². The minimum atomic E-state index is -0.193. The predicted octanol–water partition coefficient (Wildman–Crippen LogP) is 17.0. The summed E-state index contributed by atoms with van der Waals surface area (Å²) >= 11 is 0. The van der Waals surface area contributed by atoms with Gasteiger partial charge in [-0.2, -0.15) is 0 Å². The largest absolute Gasteiger partial charge is 0.310 e. The van der Waals surface area contributed by atoms with Crippen LogP contribution in [0.2, 0.25) is 0 Å². The Morgan fingerprint density at radius 2 is 0.597 bits per heavy atom. The van der Waals surface area contributed by atoms with E-state index in [2.05, 4.69) is 255 Å². The Morgan fingerprint density at radius 1 is 0.258 bits per heavy atom. The first kappa shape index (κ1) is 37.3. The van der Waals surface area contributed by atoms with Crippen molar-refractivity contribution in [2.75, 3.05) is 4.90 Å². The van der Waals surface area contributed by atoms with E-state index < -0.39 is 0 Å². The molecule has 0 saturated heterocycles. The molecule has 294 valence electrons. The van der Waals surface area contributed by atoms with Gasteiger partial charge in [-0.1, -0.05) is 208 Å². The predicted molar refractivity (Wildman–Crippen MR) is 263 cm³/mol. The maximum Gasteiger partial charge on any atom is 0.0468 e. The van der Waals surface area contributed by atoms with Gasteiger partial charge in [-0.3, -0.25) is 0 Å². The average Bonchev–Trinajstić information content (AvgIpc) is 3.57. The van der Waals surface area contributed by atoms with E-state index in [-0.39, 0.29) is 5.41 Å². The van der Waals surface area contributed by atoms with Crippen LogP contribution in [0.1, 0.15) is 25.0 Å². The van der Waals surface area contributed by atoms with Crippen LogP contribution in [0.3, 0.4) is 0 Å². The van der Waals surface area contributed by atoms with Crippen LogP contribution in [0.25, 0.3) is 77.5 Å². The highest BCUT2D eigenvalue weighted by molar-refractivity contribution is 5.91. The molecule has 1 aliphatic rings. The summed E-state index contributed by atoms with van der Waals surface area (Å²) in [4.78, 5) is 2.41. The molecule has 0 radical (unpaired) electrons. The highest BCUT2D eigenvalue weighted by Gasteiger charge is 2.36. The quantitative estimate of drug-likeness (QED) is 0.148. The summed E-state index contributed by atoms with van der Waals surface area (Å²) < 4.78 is 0. The van der Waals surface area contributed by atoms with Gasteiger partial charge in [-0.15, -0.1) is 0 Å². The first-order chi connectivity index (χ1) is 30.5. The molecule has 10 aromatic rings. The van der Waals surface area contributed by atoms with Gasteiger partial charge in [-0.05, 0) is 131 Å². The van der Waals surface area contributed by atoms with Crippen molar-refractivity contribution in [3.63, 3.8) is 0 Å². The topological polar surface area (TPSA) is 3.24 Å². The Morgan fingerprint density at radius 3 is 1.11 bits per heavy atom. The van der Waals surface area contributed by atoms with E-state index in [1.807, 2.05) is 0 Å². The summed E-state index contributed by atoms with van der Waals surface area (Å²) in [6, 6.07) is 86.5. The molecule has 0 fully saturated rings. The van der Waals surface area contributed by atoms with Crippen LogP contribution in [-0.2, 0) is 5.41 Å². The van der Waals surface area contributed by atoms with Crippen LogP contribution in [0.15, 0.2) is 237 Å². The zero-order valence-electron chi connectivity index (χ0n) is 35.0. The maximum atomic E-state index is 2.43. The fraction of sp³-hybridized carbons (Fsp3) is 0.0492. The third kappa shape index (κ3) is 6.79. The lowest BCUT2D eigenvalue weighted by atomic mass is 9.81. The molecule has 0 atom stereocenters. The minimum Gasteiger partial charge on any atom is -0.310 e. The molecule has 0 saturated carbocycles. The fourth-order valence-electron chi connectivity index (χ4n) is 9.44. The summed E-state index contributed by atoms with van der Waals surface area (Å²) in [6.45, 7) is 4.76. The number of nitrogens with zero attached hydrogens (tertiary/aromatic N) is 1. The smallest absolute Gasteiger partial charge is 0.0468 e. The fourth-order valence-corrected chi connectivity index (χ4v) is 9.44. The molecular weight excluding hydrogens is 747 g/mol. The van der Waals surface area contributed by atoms with E-state index in [1.165, 1.54) is 88.7 Å². The Kier molecular flexibility index (Phi) is 9.24. The second-order valence-electron chi connectivity index (χ2n) is 17.0. The number of fused-ring (bicyclic) bond motifs is 4. The van der Waals surface area contributed by atoms with Crippen LogP contribution < -0.4 is 4.90 Å². The van der Waals surface area contributed by atoms with Crippen molar-refractivity contribution >= 4 is 27.8 Å². The van der Waals surface area contributed by atoms with E-state index in [0.717, 1.165) is 17.1 Å². The number of anilines is 3. The molecule has 0 spiro atoms. The van der Waals surface area contributed by atoms with Crippen LogP contribution in [0.4, 0.5) is 17.1 Å². The molecule has 0 N–H and O–H groups in total. The molecule has 0 aliphatic heterocycles. The highest BCUT2D eigenvalue weighted by Crippen LogP contribution is 2.52. The van der Waals surface area contributed by atoms with Crippen LogP contribution in [0, 0.1) is 0 Å². The van der Waals surface area contributed by atoms with Gasteiger partial charge in [0.25, 0.3) is 0 Å². The lowest BCUT2D eigenvalue weighted by Crippen LogP contribution is -2.16. The van der Waals surface area contributed by atoms with E-state index in [0.29, 0.717) is 0 Å². The molecule has 0 heterocycles. The van der Waals surface area contributed by atoms with Crippen LogP contribution in [-0.4, -0.2) is 0 Å². The molecule has 1 aliphatic carbocycles. The van der Waals surface area contributed by atoms with Crippen molar-refractivity contribution < 1.29 is 0 Å². The van der Waals surface area contributed by atoms with Crippen molar-refractivity contribution in [1.29, 1.82) is 0 Å². The van der Waals surface area contributed by atoms with Gasteiger partial charge in [-0.25, -0.2) is 0 Å². The molecule has 0 bridgehead atoms. The van der Waals surface area contributed by atoms with E-state index in [9.17, 15) is 0 Å². The zero-order chi connectivity index (χ0) is 41.6. The van der Waals surface area contributed by atoms with Crippen molar-refractivity contribution in [2.24, 2.45) is 0 Å². The second-order valence-corrected chi connectivity index (χ2v) is 17.0. The molecule has 10 aromatic carbocycles. The maximum absolute atomic E-state index is 2.43. The molecule has 0 aromatic heterocycles. The third-order valence-corrected chi connectivity index (χ3v) is 12.9. The molecular formula is C61H45N. The number of hydrogen-bond donors (Lipinski definition) is 0. The molecule has 0 unspecified atom stereocenters. The van der Waals surface area contributed by atoms with Gasteiger partial charge >= 0.3 is 0 Å². The van der Waals surface area contributed by atoms with Crippen molar-refractivity contribution in [3.05, 3.63) is 248 Å². The summed E-state index contributed by atoms with van der Waals surface area (Å²) in [6.07, 6.45) is 0. The van der Waals surface area contributed by atoms with Gasteiger partial charge in [0.2, 0.25) is 0 Å². The average molecular weight is 792 g/mol. The number of benzene rings is 10. The first-order valence-corrected chi connectivity index (χ1v) is 21.6. The zero-order valence-corrected chi connectivity index (χ0v) is 35.0. The summed E-state index contributed by atoms with van der Waals surface area (Å²) in [5.74, 6) is 0. The van der Waals surface area contributed by atoms with Gasteiger partial charge in [0.1, 0.15) is 0 Å². The second kappa shape index (κ2) is 15.4. The molecule has 0 amide bonds. The third-order valence-electron chi connectivity index (χ3n) is 12.9. The van der Waals surface area contributed by atoms with E-state index >= 15 is 0 Å². The monoisotopic (exact) mass is 791 g/mol. The summed E-state index contributed by atoms with van der Waals surface area (Å²) in [7, 11) is 0. The lowest BCUT2D eigenvalue weighted by Gasteiger charge is -2.28. The number of rotatable bonds is 8. The van der Waals surface area contributed by atoms with Gasteiger partial charge < -0.3 is 4.90 Å². The Hall–Kier alpha value is -7.74. The Labute approximate surface area is 364 Å². The molecule has 62 heavy (non-hydrogen) atoms. The van der Waals surface area contributed by atoms with Gasteiger partial charge in [0, 0.05) is 22.5 Å². The van der Waals surface area contributed by atoms with E-state index in [4.69, 9.17) is 0 Å². The van der Waals surface area contributed by atoms with Crippen molar-refractivity contribution in [1.82, 2.24) is 0 Å². The summed E-state index contributed by atoms with van der Waals surface area (Å²) in [5, 5.41) is 2.46.